The van der Waals surface area contributed by atoms with Gasteiger partial charge in [0.1, 0.15) is 0 Å². The Morgan fingerprint density at radius 2 is 1.96 bits per heavy atom. The Bertz CT molecular complexity index is 903. The molecule has 2 heterocycles. The van der Waals surface area contributed by atoms with E-state index in [1.54, 1.807) is 22.7 Å². The third kappa shape index (κ3) is 1.84. The second-order valence-electron chi connectivity index (χ2n) is 7.09. The van der Waals surface area contributed by atoms with Gasteiger partial charge in [-0.25, -0.2) is 8.42 Å². The number of anilines is 1. The van der Waals surface area contributed by atoms with Crippen LogP contribution in [0.4, 0.5) is 5.95 Å². The maximum Gasteiger partial charge on any atom is 0.244 e. The zero-order valence-electron chi connectivity index (χ0n) is 13.8. The zero-order chi connectivity index (χ0) is 16.6. The van der Waals surface area contributed by atoms with Crippen molar-refractivity contribution in [3.8, 4) is 0 Å². The van der Waals surface area contributed by atoms with E-state index in [9.17, 15) is 8.42 Å². The smallest absolute Gasteiger partial charge is 0.244 e. The number of aromatic nitrogens is 3. The molecule has 2 bridgehead atoms. The van der Waals surface area contributed by atoms with Gasteiger partial charge in [0.2, 0.25) is 16.0 Å². The van der Waals surface area contributed by atoms with Gasteiger partial charge in [0.05, 0.1) is 4.90 Å². The summed E-state index contributed by atoms with van der Waals surface area (Å²) in [6, 6.07) is 3.80. The Kier molecular flexibility index (Phi) is 2.87. The summed E-state index contributed by atoms with van der Waals surface area (Å²) in [5, 5.41) is 11.9. The zero-order valence-corrected chi connectivity index (χ0v) is 14.6. The van der Waals surface area contributed by atoms with Crippen LogP contribution in [0.3, 0.4) is 0 Å². The van der Waals surface area contributed by atoms with Crippen molar-refractivity contribution in [2.45, 2.75) is 31.2 Å². The van der Waals surface area contributed by atoms with Crippen LogP contribution in [0.5, 0.6) is 0 Å². The number of rotatable bonds is 6. The van der Waals surface area contributed by atoms with E-state index in [0.717, 1.165) is 23.7 Å². The first kappa shape index (κ1) is 14.7. The van der Waals surface area contributed by atoms with Crippen molar-refractivity contribution in [2.75, 3.05) is 18.4 Å². The van der Waals surface area contributed by atoms with Crippen molar-refractivity contribution in [3.63, 3.8) is 0 Å². The Balaban J connectivity index is 1.49. The highest BCUT2D eigenvalue weighted by Crippen LogP contribution is 2.81. The van der Waals surface area contributed by atoms with E-state index in [-0.39, 0.29) is 4.90 Å². The maximum absolute atomic E-state index is 12.7. The van der Waals surface area contributed by atoms with Crippen molar-refractivity contribution in [1.29, 1.82) is 0 Å². The van der Waals surface area contributed by atoms with E-state index in [0.29, 0.717) is 30.7 Å². The first-order chi connectivity index (χ1) is 11.6. The molecular formula is C16H21N5O2S. The highest BCUT2D eigenvalue weighted by Gasteiger charge is 2.80. The molecule has 7 nitrogen and oxygen atoms in total. The summed E-state index contributed by atoms with van der Waals surface area (Å²) in [4.78, 5) is 0.280. The highest BCUT2D eigenvalue weighted by molar-refractivity contribution is 7.89. The molecule has 4 aliphatic carbocycles. The van der Waals surface area contributed by atoms with Crippen LogP contribution in [-0.2, 0) is 10.0 Å². The third-order valence-electron chi connectivity index (χ3n) is 6.06. The summed E-state index contributed by atoms with van der Waals surface area (Å²) in [5.41, 5.74) is 0.661. The Hall–Kier alpha value is -1.67. The molecular weight excluding hydrogens is 326 g/mol. The van der Waals surface area contributed by atoms with E-state index in [4.69, 9.17) is 0 Å². The molecule has 4 saturated carbocycles. The number of hydrogen-bond donors (Lipinski definition) is 1. The van der Waals surface area contributed by atoms with Crippen LogP contribution in [0, 0.1) is 23.7 Å². The van der Waals surface area contributed by atoms with E-state index >= 15 is 0 Å². The monoisotopic (exact) mass is 347 g/mol. The third-order valence-corrected chi connectivity index (χ3v) is 8.10. The SMILES string of the molecule is CCN(CC)S(=O)(=O)c1ccc2nnc(N[C@@H]3CC4C5C4C53)n2c1. The van der Waals surface area contributed by atoms with Crippen LogP contribution in [0.2, 0.25) is 0 Å². The fourth-order valence-corrected chi connectivity index (χ4v) is 6.15. The number of pyridine rings is 1. The number of fused-ring (bicyclic) bond motifs is 2. The molecule has 128 valence electrons. The van der Waals surface area contributed by atoms with Crippen LogP contribution < -0.4 is 5.32 Å². The fraction of sp³-hybridized carbons (Fsp3) is 0.625. The van der Waals surface area contributed by atoms with E-state index in [1.807, 2.05) is 13.8 Å². The van der Waals surface area contributed by atoms with Gasteiger partial charge in [0.25, 0.3) is 0 Å². The lowest BCUT2D eigenvalue weighted by Gasteiger charge is -2.18. The first-order valence-electron chi connectivity index (χ1n) is 8.67. The summed E-state index contributed by atoms with van der Waals surface area (Å²) in [5.74, 6) is 4.31. The Labute approximate surface area is 141 Å². The second-order valence-corrected chi connectivity index (χ2v) is 9.03. The molecule has 0 spiro atoms. The van der Waals surface area contributed by atoms with Crippen LogP contribution >= 0.6 is 0 Å². The van der Waals surface area contributed by atoms with Crippen molar-refractivity contribution in [2.24, 2.45) is 23.7 Å². The predicted octanol–water partition coefficient (Wildman–Crippen LogP) is 1.44. The van der Waals surface area contributed by atoms with Gasteiger partial charge in [-0.05, 0) is 42.2 Å². The van der Waals surface area contributed by atoms with Crippen molar-refractivity contribution in [3.05, 3.63) is 18.3 Å². The quantitative estimate of drug-likeness (QED) is 0.855. The predicted molar refractivity (Wildman–Crippen MR) is 89.1 cm³/mol. The Morgan fingerprint density at radius 3 is 2.58 bits per heavy atom. The van der Waals surface area contributed by atoms with Crippen molar-refractivity contribution >= 4 is 21.6 Å². The number of nitrogens with zero attached hydrogens (tertiary/aromatic N) is 4. The molecule has 0 amide bonds. The molecule has 24 heavy (non-hydrogen) atoms. The molecule has 1 N–H and O–H groups in total. The molecule has 0 radical (unpaired) electrons. The van der Waals surface area contributed by atoms with Gasteiger partial charge >= 0.3 is 0 Å². The summed E-state index contributed by atoms with van der Waals surface area (Å²) >= 11 is 0. The van der Waals surface area contributed by atoms with E-state index in [1.165, 1.54) is 10.7 Å². The molecule has 3 atom stereocenters. The summed E-state index contributed by atoms with van der Waals surface area (Å²) in [6.45, 7) is 4.61. The summed E-state index contributed by atoms with van der Waals surface area (Å²) in [7, 11) is -3.48. The molecule has 0 aliphatic heterocycles. The molecule has 2 aromatic rings. The van der Waals surface area contributed by atoms with E-state index in [2.05, 4.69) is 15.5 Å². The minimum Gasteiger partial charge on any atom is -0.351 e. The van der Waals surface area contributed by atoms with Gasteiger partial charge in [-0.15, -0.1) is 10.2 Å². The van der Waals surface area contributed by atoms with E-state index < -0.39 is 10.0 Å². The average molecular weight is 347 g/mol. The number of sulfonamides is 1. The minimum atomic E-state index is -3.48. The van der Waals surface area contributed by atoms with Gasteiger partial charge in [-0.1, -0.05) is 13.8 Å². The first-order valence-corrected chi connectivity index (χ1v) is 10.1. The fourth-order valence-electron chi connectivity index (χ4n) is 4.70. The molecule has 6 rings (SSSR count). The molecule has 8 heteroatoms. The summed E-state index contributed by atoms with van der Waals surface area (Å²) < 4.78 is 28.7. The van der Waals surface area contributed by atoms with Crippen LogP contribution in [-0.4, -0.2) is 46.5 Å². The van der Waals surface area contributed by atoms with Crippen LogP contribution in [0.25, 0.3) is 5.65 Å². The summed E-state index contributed by atoms with van der Waals surface area (Å²) in [6.07, 6.45) is 2.85. The van der Waals surface area contributed by atoms with Gasteiger partial charge in [-0.2, -0.15) is 4.31 Å². The average Bonchev–Trinajstić information content (AvgIpc) is 3.30. The molecule has 0 saturated heterocycles. The highest BCUT2D eigenvalue weighted by atomic mass is 32.2. The standard InChI is InChI=1S/C16H21N5O2S/c1-3-20(4-2)24(22,23)9-5-6-12-18-19-16(21(12)8-9)17-11-7-10-13-14(10)15(11)13/h5-6,8,10-11,13-15H,3-4,7H2,1-2H3,(H,17,19)/t10?,11-,13?,14?,15?/m1/s1. The number of nitrogens with one attached hydrogen (secondary N) is 1. The van der Waals surface area contributed by atoms with Gasteiger partial charge in [0, 0.05) is 25.3 Å². The topological polar surface area (TPSA) is 79.6 Å². The van der Waals surface area contributed by atoms with Crippen molar-refractivity contribution < 1.29 is 8.42 Å². The Morgan fingerprint density at radius 1 is 1.21 bits per heavy atom. The minimum absolute atomic E-state index is 0.280. The molecule has 2 unspecified atom stereocenters. The second kappa shape index (κ2) is 4.70. The maximum atomic E-state index is 12.7. The lowest BCUT2D eigenvalue weighted by Crippen LogP contribution is -2.30. The van der Waals surface area contributed by atoms with Gasteiger partial charge < -0.3 is 5.32 Å². The molecule has 2 aromatic heterocycles. The molecule has 4 fully saturated rings. The van der Waals surface area contributed by atoms with Crippen LogP contribution in [0.15, 0.2) is 23.2 Å². The molecule has 0 aromatic carbocycles. The largest absolute Gasteiger partial charge is 0.351 e. The van der Waals surface area contributed by atoms with Crippen molar-refractivity contribution in [1.82, 2.24) is 18.9 Å². The lowest BCUT2D eigenvalue weighted by atomic mass is 10.2. The normalized spacial score (nSPS) is 33.0. The van der Waals surface area contributed by atoms with Gasteiger partial charge in [0.15, 0.2) is 5.65 Å². The number of hydrogen-bond acceptors (Lipinski definition) is 5. The lowest BCUT2D eigenvalue weighted by molar-refractivity contribution is 0.445. The molecule has 4 aliphatic rings. The van der Waals surface area contributed by atoms with Gasteiger partial charge in [-0.3, -0.25) is 4.40 Å². The van der Waals surface area contributed by atoms with Crippen LogP contribution in [0.1, 0.15) is 20.3 Å².